The van der Waals surface area contributed by atoms with Crippen molar-refractivity contribution < 1.29 is 14.3 Å². The van der Waals surface area contributed by atoms with Gasteiger partial charge < -0.3 is 25.0 Å². The minimum Gasteiger partial charge on any atom is -0.493 e. The minimum atomic E-state index is -0.0228. The third-order valence-corrected chi connectivity index (χ3v) is 7.96. The van der Waals surface area contributed by atoms with Crippen LogP contribution in [-0.4, -0.2) is 57.2 Å². The normalized spacial score (nSPS) is 24.8. The molecule has 0 aromatic heterocycles. The molecule has 2 aromatic carbocycles. The summed E-state index contributed by atoms with van der Waals surface area (Å²) < 4.78 is 11.0. The number of ether oxygens (including phenoxy) is 2. The van der Waals surface area contributed by atoms with Crippen LogP contribution in [0.2, 0.25) is 10.0 Å². The van der Waals surface area contributed by atoms with Crippen molar-refractivity contribution in [3.8, 4) is 11.5 Å². The first-order valence-electron chi connectivity index (χ1n) is 11.3. The standard InChI is InChI=1S/C25H31Cl2N3O3/c1-30-11-10-25(16-4-7-21(32-2)22(12-16)33-3)9-8-18(14-23(25)30)29-24(31)15-28-17-5-6-19(26)20(27)13-17/h4-7,12-13,18,23,28H,8-11,14-15H2,1-3H3,(H,29,31)/t18-,23+,25+/m1/s1. The Morgan fingerprint density at radius 1 is 1.09 bits per heavy atom. The van der Waals surface area contributed by atoms with E-state index in [4.69, 9.17) is 32.7 Å². The predicted octanol–water partition coefficient (Wildman–Crippen LogP) is 4.73. The van der Waals surface area contributed by atoms with Crippen LogP contribution in [0.25, 0.3) is 0 Å². The summed E-state index contributed by atoms with van der Waals surface area (Å²) in [5, 5.41) is 7.30. The minimum absolute atomic E-state index is 0.0228. The number of fused-ring (bicyclic) bond motifs is 1. The Kier molecular flexibility index (Phi) is 7.27. The van der Waals surface area contributed by atoms with Crippen molar-refractivity contribution in [2.75, 3.05) is 39.7 Å². The Morgan fingerprint density at radius 3 is 2.61 bits per heavy atom. The molecule has 6 nitrogen and oxygen atoms in total. The van der Waals surface area contributed by atoms with Crippen molar-refractivity contribution in [1.29, 1.82) is 0 Å². The Labute approximate surface area is 205 Å². The molecular weight excluding hydrogens is 461 g/mol. The van der Waals surface area contributed by atoms with Gasteiger partial charge in [-0.15, -0.1) is 0 Å². The Hall–Kier alpha value is -2.15. The van der Waals surface area contributed by atoms with Gasteiger partial charge >= 0.3 is 0 Å². The fourth-order valence-electron chi connectivity index (χ4n) is 5.46. The molecule has 1 heterocycles. The molecule has 0 bridgehead atoms. The molecule has 0 unspecified atom stereocenters. The Bertz CT molecular complexity index is 1020. The van der Waals surface area contributed by atoms with Gasteiger partial charge in [0.05, 0.1) is 30.8 Å². The van der Waals surface area contributed by atoms with E-state index in [0.29, 0.717) is 16.1 Å². The number of halogens is 2. The van der Waals surface area contributed by atoms with Crippen LogP contribution in [0, 0.1) is 0 Å². The van der Waals surface area contributed by atoms with Crippen molar-refractivity contribution in [3.05, 3.63) is 52.0 Å². The number of benzene rings is 2. The number of likely N-dealkylation sites (N-methyl/N-ethyl adjacent to an activating group) is 1. The van der Waals surface area contributed by atoms with Crippen molar-refractivity contribution >= 4 is 34.8 Å². The second kappa shape index (κ2) is 10.00. The molecule has 1 aliphatic carbocycles. The highest BCUT2D eigenvalue weighted by Gasteiger charge is 2.50. The Balaban J connectivity index is 1.41. The van der Waals surface area contributed by atoms with Crippen LogP contribution in [0.3, 0.4) is 0 Å². The maximum atomic E-state index is 12.6. The summed E-state index contributed by atoms with van der Waals surface area (Å²) in [6.07, 6.45) is 3.98. The van der Waals surface area contributed by atoms with Crippen LogP contribution in [0.5, 0.6) is 11.5 Å². The van der Waals surface area contributed by atoms with E-state index >= 15 is 0 Å². The highest BCUT2D eigenvalue weighted by molar-refractivity contribution is 6.42. The highest BCUT2D eigenvalue weighted by Crippen LogP contribution is 2.49. The number of nitrogens with zero attached hydrogens (tertiary/aromatic N) is 1. The van der Waals surface area contributed by atoms with Crippen LogP contribution < -0.4 is 20.1 Å². The van der Waals surface area contributed by atoms with E-state index in [9.17, 15) is 4.79 Å². The molecule has 2 N–H and O–H groups in total. The number of nitrogens with one attached hydrogen (secondary N) is 2. The molecule has 0 spiro atoms. The van der Waals surface area contributed by atoms with Crippen LogP contribution >= 0.6 is 23.2 Å². The molecule has 8 heteroatoms. The summed E-state index contributed by atoms with van der Waals surface area (Å²) in [4.78, 5) is 15.1. The number of carbonyl (C=O) groups excluding carboxylic acids is 1. The Morgan fingerprint density at radius 2 is 1.88 bits per heavy atom. The van der Waals surface area contributed by atoms with Gasteiger partial charge in [-0.2, -0.15) is 0 Å². The van der Waals surface area contributed by atoms with E-state index in [1.54, 1.807) is 26.4 Å². The maximum absolute atomic E-state index is 12.6. The topological polar surface area (TPSA) is 62.8 Å². The number of likely N-dealkylation sites (tertiary alicyclic amines) is 1. The first kappa shape index (κ1) is 24.0. The molecule has 1 aliphatic heterocycles. The van der Waals surface area contributed by atoms with Gasteiger partial charge in [0.2, 0.25) is 5.91 Å². The van der Waals surface area contributed by atoms with Crippen molar-refractivity contribution in [2.45, 2.75) is 43.2 Å². The number of anilines is 1. The average Bonchev–Trinajstić information content (AvgIpc) is 3.16. The SMILES string of the molecule is COc1ccc([C@@]23CC[C@@H](NC(=O)CNc4ccc(Cl)c(Cl)c4)C[C@@H]2N(C)CC3)cc1OC. The molecule has 1 saturated heterocycles. The molecule has 4 rings (SSSR count). The molecule has 3 atom stereocenters. The third kappa shape index (κ3) is 4.88. The number of amides is 1. The van der Waals surface area contributed by atoms with Crippen LogP contribution in [0.1, 0.15) is 31.2 Å². The van der Waals surface area contributed by atoms with E-state index in [1.165, 1.54) is 5.56 Å². The van der Waals surface area contributed by atoms with Gasteiger partial charge in [-0.3, -0.25) is 4.79 Å². The lowest BCUT2D eigenvalue weighted by molar-refractivity contribution is -0.120. The van der Waals surface area contributed by atoms with E-state index in [1.807, 2.05) is 12.1 Å². The molecule has 0 radical (unpaired) electrons. The van der Waals surface area contributed by atoms with E-state index in [0.717, 1.165) is 49.4 Å². The highest BCUT2D eigenvalue weighted by atomic mass is 35.5. The van der Waals surface area contributed by atoms with Gasteiger partial charge in [0.1, 0.15) is 0 Å². The lowest BCUT2D eigenvalue weighted by Crippen LogP contribution is -2.52. The largest absolute Gasteiger partial charge is 0.493 e. The summed E-state index contributed by atoms with van der Waals surface area (Å²) >= 11 is 12.0. The summed E-state index contributed by atoms with van der Waals surface area (Å²) in [7, 11) is 5.52. The molecule has 2 aromatic rings. The number of methoxy groups -OCH3 is 2. The fourth-order valence-corrected chi connectivity index (χ4v) is 5.76. The summed E-state index contributed by atoms with van der Waals surface area (Å²) in [5.41, 5.74) is 2.13. The monoisotopic (exact) mass is 491 g/mol. The smallest absolute Gasteiger partial charge is 0.239 e. The number of carbonyl (C=O) groups is 1. The summed E-state index contributed by atoms with van der Waals surface area (Å²) in [5.74, 6) is 1.49. The van der Waals surface area contributed by atoms with Crippen molar-refractivity contribution in [1.82, 2.24) is 10.2 Å². The second-order valence-electron chi connectivity index (χ2n) is 8.99. The van der Waals surface area contributed by atoms with Gasteiger partial charge in [-0.05, 0) is 75.2 Å². The first-order valence-corrected chi connectivity index (χ1v) is 12.0. The van der Waals surface area contributed by atoms with Crippen LogP contribution in [0.15, 0.2) is 36.4 Å². The first-order chi connectivity index (χ1) is 15.9. The van der Waals surface area contributed by atoms with Gasteiger partial charge in [0.25, 0.3) is 0 Å². The average molecular weight is 492 g/mol. The molecule has 2 fully saturated rings. The molecule has 33 heavy (non-hydrogen) atoms. The zero-order valence-corrected chi connectivity index (χ0v) is 20.8. The lowest BCUT2D eigenvalue weighted by atomic mass is 9.65. The zero-order valence-electron chi connectivity index (χ0n) is 19.3. The molecular formula is C25H31Cl2N3O3. The van der Waals surface area contributed by atoms with Gasteiger partial charge in [0, 0.05) is 23.2 Å². The predicted molar refractivity (Wildman–Crippen MR) is 133 cm³/mol. The zero-order chi connectivity index (χ0) is 23.6. The van der Waals surface area contributed by atoms with Crippen LogP contribution in [0.4, 0.5) is 5.69 Å². The molecule has 1 saturated carbocycles. The van der Waals surface area contributed by atoms with E-state index in [2.05, 4.69) is 34.7 Å². The summed E-state index contributed by atoms with van der Waals surface area (Å²) in [6, 6.07) is 12.1. The number of rotatable bonds is 7. The van der Waals surface area contributed by atoms with E-state index in [-0.39, 0.29) is 23.9 Å². The quantitative estimate of drug-likeness (QED) is 0.585. The molecule has 178 valence electrons. The second-order valence-corrected chi connectivity index (χ2v) is 9.81. The molecule has 1 amide bonds. The fraction of sp³-hybridized carbons (Fsp3) is 0.480. The maximum Gasteiger partial charge on any atom is 0.239 e. The van der Waals surface area contributed by atoms with E-state index < -0.39 is 0 Å². The lowest BCUT2D eigenvalue weighted by Gasteiger charge is -2.45. The summed E-state index contributed by atoms with van der Waals surface area (Å²) in [6.45, 7) is 1.23. The van der Waals surface area contributed by atoms with Gasteiger partial charge in [-0.25, -0.2) is 0 Å². The van der Waals surface area contributed by atoms with Crippen LogP contribution in [-0.2, 0) is 10.2 Å². The number of hydrogen-bond acceptors (Lipinski definition) is 5. The van der Waals surface area contributed by atoms with Crippen molar-refractivity contribution in [2.24, 2.45) is 0 Å². The third-order valence-electron chi connectivity index (χ3n) is 7.22. The van der Waals surface area contributed by atoms with Crippen molar-refractivity contribution in [3.63, 3.8) is 0 Å². The molecule has 2 aliphatic rings. The van der Waals surface area contributed by atoms with Gasteiger partial charge in [0.15, 0.2) is 11.5 Å². The van der Waals surface area contributed by atoms with Gasteiger partial charge in [-0.1, -0.05) is 29.3 Å². The number of hydrogen-bond donors (Lipinski definition) is 2.